The first-order chi connectivity index (χ1) is 21.0. The Morgan fingerprint density at radius 3 is 1.84 bits per heavy atom. The number of fused-ring (bicyclic) bond motifs is 5. The molecule has 0 aromatic heterocycles. The van der Waals surface area contributed by atoms with Gasteiger partial charge in [0.05, 0.1) is 35.0 Å². The molecule has 7 nitrogen and oxygen atoms in total. The number of rotatable bonds is 3. The number of carbonyl (C=O) groups excluding carboxylic acids is 4. The molecule has 43 heavy (non-hydrogen) atoms. The lowest BCUT2D eigenvalue weighted by atomic mass is 9.57. The highest BCUT2D eigenvalue weighted by atomic mass is 16.3. The Labute approximate surface area is 248 Å². The van der Waals surface area contributed by atoms with Crippen LogP contribution in [0.4, 0.5) is 11.4 Å². The number of imide groups is 2. The number of phenolic OH excluding ortho intramolecular Hbond substituents is 1. The summed E-state index contributed by atoms with van der Waals surface area (Å²) in [5, 5.41) is 13.2. The molecule has 2 aliphatic carbocycles. The van der Waals surface area contributed by atoms with Crippen molar-refractivity contribution in [2.45, 2.75) is 18.8 Å². The normalized spacial score (nSPS) is 28.1. The summed E-state index contributed by atoms with van der Waals surface area (Å²) in [6.07, 6.45) is 2.65. The lowest BCUT2D eigenvalue weighted by molar-refractivity contribution is -0.126. The number of allylic oxidation sites excluding steroid dienone is 2. The fraction of sp³-hybridized carbons (Fsp3) is 0.222. The van der Waals surface area contributed by atoms with Crippen LogP contribution in [0.1, 0.15) is 24.3 Å². The highest BCUT2D eigenvalue weighted by Crippen LogP contribution is 2.59. The topological polar surface area (TPSA) is 95.0 Å². The van der Waals surface area contributed by atoms with Gasteiger partial charge >= 0.3 is 0 Å². The van der Waals surface area contributed by atoms with Crippen molar-refractivity contribution in [1.29, 1.82) is 0 Å². The molecule has 1 saturated carbocycles. The molecule has 4 aliphatic rings. The lowest BCUT2D eigenvalue weighted by Gasteiger charge is -2.44. The van der Waals surface area contributed by atoms with E-state index in [4.69, 9.17) is 0 Å². The quantitative estimate of drug-likeness (QED) is 0.257. The van der Waals surface area contributed by atoms with Gasteiger partial charge in [0.1, 0.15) is 5.75 Å². The fourth-order valence-electron chi connectivity index (χ4n) is 8.12. The van der Waals surface area contributed by atoms with Crippen molar-refractivity contribution < 1.29 is 24.3 Å². The summed E-state index contributed by atoms with van der Waals surface area (Å²) in [6.45, 7) is 0. The molecule has 2 aliphatic heterocycles. The number of amides is 4. The van der Waals surface area contributed by atoms with Crippen LogP contribution in [0.25, 0.3) is 10.8 Å². The molecule has 2 saturated heterocycles. The minimum absolute atomic E-state index is 0.0728. The third-order valence-corrected chi connectivity index (χ3v) is 9.94. The Bertz CT molecular complexity index is 1870. The summed E-state index contributed by atoms with van der Waals surface area (Å²) in [4.78, 5) is 58.6. The SMILES string of the molecule is O=C1C2CC=C3C(CC4C(=O)N(c5ccccc5)C(=O)C4C3c3ccc4ccccc4c3O)C2C(=O)N1c1ccccc1. The second-order valence-electron chi connectivity index (χ2n) is 11.9. The van der Waals surface area contributed by atoms with Gasteiger partial charge in [-0.05, 0) is 48.4 Å². The predicted octanol–water partition coefficient (Wildman–Crippen LogP) is 5.59. The van der Waals surface area contributed by atoms with Crippen molar-refractivity contribution in [3.63, 3.8) is 0 Å². The molecule has 4 aromatic rings. The van der Waals surface area contributed by atoms with Crippen LogP contribution in [0, 0.1) is 29.6 Å². The molecule has 1 N–H and O–H groups in total. The second-order valence-corrected chi connectivity index (χ2v) is 11.9. The number of aromatic hydroxyl groups is 1. The van der Waals surface area contributed by atoms with Gasteiger partial charge in [-0.3, -0.25) is 29.0 Å². The van der Waals surface area contributed by atoms with E-state index in [0.717, 1.165) is 11.0 Å². The van der Waals surface area contributed by atoms with E-state index in [2.05, 4.69) is 0 Å². The van der Waals surface area contributed by atoms with Gasteiger partial charge in [-0.2, -0.15) is 0 Å². The van der Waals surface area contributed by atoms with Crippen molar-refractivity contribution in [3.8, 4) is 5.75 Å². The second kappa shape index (κ2) is 9.49. The number of anilines is 2. The smallest absolute Gasteiger partial charge is 0.238 e. The van der Waals surface area contributed by atoms with Crippen LogP contribution in [-0.2, 0) is 19.2 Å². The Balaban J connectivity index is 1.29. The monoisotopic (exact) mass is 568 g/mol. The molecule has 4 amide bonds. The van der Waals surface area contributed by atoms with E-state index in [0.29, 0.717) is 28.7 Å². The molecule has 0 radical (unpaired) electrons. The van der Waals surface area contributed by atoms with E-state index < -0.39 is 35.5 Å². The third kappa shape index (κ3) is 3.60. The van der Waals surface area contributed by atoms with Gasteiger partial charge in [-0.15, -0.1) is 0 Å². The molecule has 6 unspecified atom stereocenters. The Hall–Kier alpha value is -5.04. The average molecular weight is 569 g/mol. The molecule has 212 valence electrons. The maximum atomic E-state index is 14.2. The van der Waals surface area contributed by atoms with Gasteiger partial charge in [-0.1, -0.05) is 84.4 Å². The summed E-state index contributed by atoms with van der Waals surface area (Å²) in [7, 11) is 0. The summed E-state index contributed by atoms with van der Waals surface area (Å²) in [6, 6.07) is 29.1. The number of phenols is 1. The summed E-state index contributed by atoms with van der Waals surface area (Å²) < 4.78 is 0. The van der Waals surface area contributed by atoms with Crippen molar-refractivity contribution in [1.82, 2.24) is 0 Å². The molecule has 3 fully saturated rings. The Morgan fingerprint density at radius 1 is 0.581 bits per heavy atom. The molecule has 8 rings (SSSR count). The van der Waals surface area contributed by atoms with Crippen LogP contribution in [0.3, 0.4) is 0 Å². The molecular formula is C36H28N2O5. The number of hydrogen-bond donors (Lipinski definition) is 1. The number of hydrogen-bond acceptors (Lipinski definition) is 5. The zero-order chi connectivity index (χ0) is 29.4. The first-order valence-corrected chi connectivity index (χ1v) is 14.7. The zero-order valence-corrected chi connectivity index (χ0v) is 23.2. The van der Waals surface area contributed by atoms with Crippen LogP contribution in [0.2, 0.25) is 0 Å². The highest BCUT2D eigenvalue weighted by Gasteiger charge is 2.62. The average Bonchev–Trinajstić information content (AvgIpc) is 3.45. The van der Waals surface area contributed by atoms with E-state index >= 15 is 0 Å². The molecule has 0 spiro atoms. The summed E-state index contributed by atoms with van der Waals surface area (Å²) in [5.74, 6) is -4.70. The van der Waals surface area contributed by atoms with E-state index in [9.17, 15) is 24.3 Å². The third-order valence-electron chi connectivity index (χ3n) is 9.94. The van der Waals surface area contributed by atoms with Crippen molar-refractivity contribution >= 4 is 45.8 Å². The fourth-order valence-corrected chi connectivity index (χ4v) is 8.12. The van der Waals surface area contributed by atoms with Gasteiger partial charge in [-0.25, -0.2) is 0 Å². The van der Waals surface area contributed by atoms with Gasteiger partial charge in [0, 0.05) is 16.9 Å². The van der Waals surface area contributed by atoms with E-state index in [-0.39, 0.29) is 35.8 Å². The molecule has 7 heteroatoms. The first kappa shape index (κ1) is 25.7. The van der Waals surface area contributed by atoms with E-state index in [1.807, 2.05) is 54.6 Å². The maximum Gasteiger partial charge on any atom is 0.238 e. The van der Waals surface area contributed by atoms with Crippen LogP contribution in [-0.4, -0.2) is 28.7 Å². The predicted molar refractivity (Wildman–Crippen MR) is 161 cm³/mol. The maximum absolute atomic E-state index is 14.2. The van der Waals surface area contributed by atoms with Crippen LogP contribution < -0.4 is 9.80 Å². The molecule has 6 atom stereocenters. The lowest BCUT2D eigenvalue weighted by Crippen LogP contribution is -2.43. The standard InChI is InChI=1S/C36H28N2O5/c39-32-23-14-8-7-9-20(23)15-16-25(32)29-24-17-18-26-30(35(42)37(33(26)40)21-10-3-1-4-11-21)27(24)19-28-31(29)36(43)38(34(28)41)22-12-5-2-6-13-22/h1-17,26-31,39H,18-19H2. The largest absolute Gasteiger partial charge is 0.507 e. The van der Waals surface area contributed by atoms with Gasteiger partial charge in [0.25, 0.3) is 0 Å². The van der Waals surface area contributed by atoms with Gasteiger partial charge in [0.15, 0.2) is 0 Å². The van der Waals surface area contributed by atoms with Crippen LogP contribution >= 0.6 is 0 Å². The van der Waals surface area contributed by atoms with Crippen molar-refractivity contribution in [2.24, 2.45) is 29.6 Å². The van der Waals surface area contributed by atoms with E-state index in [1.165, 1.54) is 9.80 Å². The van der Waals surface area contributed by atoms with Crippen LogP contribution in [0.5, 0.6) is 5.75 Å². The van der Waals surface area contributed by atoms with Crippen LogP contribution in [0.15, 0.2) is 109 Å². The molecule has 4 aromatic carbocycles. The van der Waals surface area contributed by atoms with Gasteiger partial charge < -0.3 is 5.11 Å². The zero-order valence-electron chi connectivity index (χ0n) is 23.2. The summed E-state index contributed by atoms with van der Waals surface area (Å²) >= 11 is 0. The van der Waals surface area contributed by atoms with Crippen molar-refractivity contribution in [3.05, 3.63) is 114 Å². The van der Waals surface area contributed by atoms with E-state index in [1.54, 1.807) is 48.5 Å². The number of nitrogens with zero attached hydrogens (tertiary/aromatic N) is 2. The first-order valence-electron chi connectivity index (χ1n) is 14.7. The molecule has 0 bridgehead atoms. The van der Waals surface area contributed by atoms with Crippen molar-refractivity contribution in [2.75, 3.05) is 9.80 Å². The number of benzene rings is 4. The molecular weight excluding hydrogens is 540 g/mol. The number of carbonyl (C=O) groups is 4. The summed E-state index contributed by atoms with van der Waals surface area (Å²) in [5.41, 5.74) is 2.47. The van der Waals surface area contributed by atoms with Gasteiger partial charge in [0.2, 0.25) is 23.6 Å². The Kier molecular flexibility index (Phi) is 5.66. The number of para-hydroxylation sites is 2. The highest BCUT2D eigenvalue weighted by molar-refractivity contribution is 6.24. The Morgan fingerprint density at radius 2 is 1.16 bits per heavy atom. The minimum Gasteiger partial charge on any atom is -0.507 e. The molecule has 2 heterocycles. The minimum atomic E-state index is -0.740.